The van der Waals surface area contributed by atoms with Gasteiger partial charge in [-0.3, -0.25) is 9.69 Å². The molecule has 1 aromatic carbocycles. The van der Waals surface area contributed by atoms with E-state index in [0.29, 0.717) is 6.61 Å². The molecule has 2 fully saturated rings. The fourth-order valence-corrected chi connectivity index (χ4v) is 4.00. The zero-order chi connectivity index (χ0) is 16.8. The van der Waals surface area contributed by atoms with Gasteiger partial charge >= 0.3 is 5.97 Å². The summed E-state index contributed by atoms with van der Waals surface area (Å²) in [5, 5.41) is 0. The zero-order valence-electron chi connectivity index (χ0n) is 15.7. The van der Waals surface area contributed by atoms with E-state index in [1.54, 1.807) is 0 Å². The third-order valence-corrected chi connectivity index (χ3v) is 5.66. The molecule has 26 heavy (non-hydrogen) atoms. The number of carbonyl (C=O) groups is 1. The van der Waals surface area contributed by atoms with Crippen molar-refractivity contribution in [1.82, 2.24) is 9.80 Å². The van der Waals surface area contributed by atoms with Crippen molar-refractivity contribution >= 4 is 30.8 Å². The third-order valence-electron chi connectivity index (χ3n) is 5.66. The van der Waals surface area contributed by atoms with Gasteiger partial charge in [-0.15, -0.1) is 24.8 Å². The minimum absolute atomic E-state index is 0. The highest BCUT2D eigenvalue weighted by molar-refractivity contribution is 5.85. The summed E-state index contributed by atoms with van der Waals surface area (Å²) in [6, 6.07) is 10.3. The number of benzene rings is 1. The lowest BCUT2D eigenvalue weighted by Crippen LogP contribution is -2.46. The zero-order valence-corrected chi connectivity index (χ0v) is 17.3. The van der Waals surface area contributed by atoms with Gasteiger partial charge in [-0.25, -0.2) is 0 Å². The monoisotopic (exact) mass is 402 g/mol. The Labute approximate surface area is 170 Å². The predicted molar refractivity (Wildman–Crippen MR) is 111 cm³/mol. The summed E-state index contributed by atoms with van der Waals surface area (Å²) in [5.74, 6) is -0.0115. The molecule has 2 aliphatic rings. The Kier molecular flexibility index (Phi) is 9.94. The van der Waals surface area contributed by atoms with E-state index in [-0.39, 0.29) is 30.8 Å². The van der Waals surface area contributed by atoms with Crippen LogP contribution in [-0.2, 0) is 14.9 Å². The lowest BCUT2D eigenvalue weighted by atomic mass is 9.69. The highest BCUT2D eigenvalue weighted by Crippen LogP contribution is 2.40. The highest BCUT2D eigenvalue weighted by atomic mass is 35.5. The number of halogens is 2. The van der Waals surface area contributed by atoms with E-state index in [4.69, 9.17) is 4.74 Å². The Morgan fingerprint density at radius 1 is 1.00 bits per heavy atom. The first-order chi connectivity index (χ1) is 11.7. The number of ether oxygens (including phenoxy) is 1. The molecule has 6 heteroatoms. The number of likely N-dealkylation sites (N-methyl/N-ethyl adjacent to an activating group) is 1. The molecule has 148 valence electrons. The number of hydrogen-bond acceptors (Lipinski definition) is 4. The van der Waals surface area contributed by atoms with Crippen molar-refractivity contribution in [3.05, 3.63) is 35.9 Å². The maximum Gasteiger partial charge on any atom is 0.316 e. The van der Waals surface area contributed by atoms with Gasteiger partial charge < -0.3 is 9.64 Å². The molecule has 1 saturated carbocycles. The van der Waals surface area contributed by atoms with Crippen molar-refractivity contribution in [3.8, 4) is 0 Å². The first kappa shape index (κ1) is 23.2. The smallest absolute Gasteiger partial charge is 0.316 e. The van der Waals surface area contributed by atoms with Gasteiger partial charge in [0, 0.05) is 32.7 Å². The minimum Gasteiger partial charge on any atom is -0.464 e. The molecule has 0 atom stereocenters. The molecule has 0 unspecified atom stereocenters. The largest absolute Gasteiger partial charge is 0.464 e. The summed E-state index contributed by atoms with van der Waals surface area (Å²) < 4.78 is 5.77. The molecule has 1 saturated heterocycles. The fourth-order valence-electron chi connectivity index (χ4n) is 4.00. The van der Waals surface area contributed by atoms with Gasteiger partial charge in [0.05, 0.1) is 5.41 Å². The Morgan fingerprint density at radius 3 is 2.23 bits per heavy atom. The van der Waals surface area contributed by atoms with Crippen LogP contribution in [0, 0.1) is 0 Å². The van der Waals surface area contributed by atoms with Crippen molar-refractivity contribution in [2.75, 3.05) is 46.4 Å². The van der Waals surface area contributed by atoms with Gasteiger partial charge in [-0.2, -0.15) is 0 Å². The minimum atomic E-state index is -0.415. The molecule has 0 spiro atoms. The van der Waals surface area contributed by atoms with Crippen molar-refractivity contribution in [1.29, 1.82) is 0 Å². The molecule has 1 aliphatic carbocycles. The summed E-state index contributed by atoms with van der Waals surface area (Å²) in [4.78, 5) is 17.7. The highest BCUT2D eigenvalue weighted by Gasteiger charge is 2.42. The van der Waals surface area contributed by atoms with Gasteiger partial charge in [0.15, 0.2) is 0 Å². The Bertz CT molecular complexity index is 528. The van der Waals surface area contributed by atoms with Gasteiger partial charge in [-0.1, -0.05) is 49.6 Å². The summed E-state index contributed by atoms with van der Waals surface area (Å²) in [7, 11) is 2.16. The number of piperazine rings is 1. The topological polar surface area (TPSA) is 32.8 Å². The van der Waals surface area contributed by atoms with Crippen LogP contribution in [0.2, 0.25) is 0 Å². The molecule has 1 aromatic rings. The van der Waals surface area contributed by atoms with Crippen LogP contribution < -0.4 is 0 Å². The van der Waals surface area contributed by atoms with Crippen LogP contribution in [0.15, 0.2) is 30.3 Å². The normalized spacial score (nSPS) is 20.5. The SMILES string of the molecule is CN1CCN(CCOC(=O)C2(c3ccccc3)CCCCC2)CC1.Cl.Cl. The van der Waals surface area contributed by atoms with E-state index in [9.17, 15) is 4.79 Å². The van der Waals surface area contributed by atoms with Gasteiger partial charge in [0.1, 0.15) is 6.61 Å². The number of hydrogen-bond donors (Lipinski definition) is 0. The summed E-state index contributed by atoms with van der Waals surface area (Å²) in [5.41, 5.74) is 0.719. The number of esters is 1. The molecule has 0 N–H and O–H groups in total. The van der Waals surface area contributed by atoms with E-state index in [1.807, 2.05) is 18.2 Å². The first-order valence-electron chi connectivity index (χ1n) is 9.34. The van der Waals surface area contributed by atoms with Crippen LogP contribution in [-0.4, -0.2) is 62.1 Å². The molecular formula is C20H32Cl2N2O2. The summed E-state index contributed by atoms with van der Waals surface area (Å²) in [6.45, 7) is 5.70. The molecular weight excluding hydrogens is 371 g/mol. The lowest BCUT2D eigenvalue weighted by molar-refractivity contribution is -0.152. The van der Waals surface area contributed by atoms with Gasteiger partial charge in [-0.05, 0) is 25.5 Å². The van der Waals surface area contributed by atoms with Crippen LogP contribution in [0.5, 0.6) is 0 Å². The van der Waals surface area contributed by atoms with Crippen molar-refractivity contribution in [2.45, 2.75) is 37.5 Å². The van der Waals surface area contributed by atoms with Crippen LogP contribution >= 0.6 is 24.8 Å². The van der Waals surface area contributed by atoms with Crippen molar-refractivity contribution in [2.24, 2.45) is 0 Å². The Balaban J connectivity index is 0.00000169. The molecule has 0 amide bonds. The standard InChI is InChI=1S/C20H30N2O2.2ClH/c1-21-12-14-22(15-13-21)16-17-24-19(23)20(10-6-3-7-11-20)18-8-4-2-5-9-18;;/h2,4-5,8-9H,3,6-7,10-17H2,1H3;2*1H. The number of carbonyl (C=O) groups excluding carboxylic acids is 1. The molecule has 3 rings (SSSR count). The third kappa shape index (κ3) is 5.59. The predicted octanol–water partition coefficient (Wildman–Crippen LogP) is 3.52. The fraction of sp³-hybridized carbons (Fsp3) is 0.650. The molecule has 0 bridgehead atoms. The second kappa shape index (κ2) is 11.1. The maximum absolute atomic E-state index is 13.0. The van der Waals surface area contributed by atoms with Gasteiger partial charge in [0.25, 0.3) is 0 Å². The quantitative estimate of drug-likeness (QED) is 0.705. The van der Waals surface area contributed by atoms with Crippen molar-refractivity contribution in [3.63, 3.8) is 0 Å². The Morgan fingerprint density at radius 2 is 1.62 bits per heavy atom. The van der Waals surface area contributed by atoms with E-state index in [0.717, 1.165) is 64.0 Å². The second-order valence-electron chi connectivity index (χ2n) is 7.29. The van der Waals surface area contributed by atoms with Crippen molar-refractivity contribution < 1.29 is 9.53 Å². The van der Waals surface area contributed by atoms with Crippen LogP contribution in [0.1, 0.15) is 37.7 Å². The average molecular weight is 403 g/mol. The van der Waals surface area contributed by atoms with E-state index >= 15 is 0 Å². The van der Waals surface area contributed by atoms with Crippen LogP contribution in [0.25, 0.3) is 0 Å². The van der Waals surface area contributed by atoms with E-state index < -0.39 is 5.41 Å². The average Bonchev–Trinajstić information content (AvgIpc) is 2.64. The van der Waals surface area contributed by atoms with Crippen LogP contribution in [0.4, 0.5) is 0 Å². The molecule has 1 heterocycles. The Hall–Kier alpha value is -0.810. The molecule has 0 aromatic heterocycles. The maximum atomic E-state index is 13.0. The molecule has 0 radical (unpaired) electrons. The number of rotatable bonds is 5. The molecule has 1 aliphatic heterocycles. The second-order valence-corrected chi connectivity index (χ2v) is 7.29. The summed E-state index contributed by atoms with van der Waals surface area (Å²) >= 11 is 0. The first-order valence-corrected chi connectivity index (χ1v) is 9.34. The lowest BCUT2D eigenvalue weighted by Gasteiger charge is -2.36. The van der Waals surface area contributed by atoms with Crippen LogP contribution in [0.3, 0.4) is 0 Å². The van der Waals surface area contributed by atoms with E-state index in [2.05, 4.69) is 29.0 Å². The number of nitrogens with zero attached hydrogens (tertiary/aromatic N) is 2. The molecule has 4 nitrogen and oxygen atoms in total. The summed E-state index contributed by atoms with van der Waals surface area (Å²) in [6.07, 6.45) is 5.29. The van der Waals surface area contributed by atoms with E-state index in [1.165, 1.54) is 6.42 Å². The van der Waals surface area contributed by atoms with Gasteiger partial charge in [0.2, 0.25) is 0 Å².